The van der Waals surface area contributed by atoms with Crippen molar-refractivity contribution in [1.82, 2.24) is 0 Å². The van der Waals surface area contributed by atoms with Crippen LogP contribution in [0.2, 0.25) is 0 Å². The van der Waals surface area contributed by atoms with Gasteiger partial charge in [0.25, 0.3) is 0 Å². The zero-order valence-corrected chi connectivity index (χ0v) is 8.35. The molecule has 0 aliphatic carbocycles. The largest absolute Gasteiger partial charge is 0.494 e. The van der Waals surface area contributed by atoms with Crippen LogP contribution in [-0.2, 0) is 9.47 Å². The Balaban J connectivity index is 3.68. The maximum Gasteiger partial charge on any atom is 0.202 e. The van der Waals surface area contributed by atoms with Gasteiger partial charge in [0.05, 0.1) is 13.2 Å². The first kappa shape index (κ1) is 11.3. The van der Waals surface area contributed by atoms with Crippen LogP contribution in [0.3, 0.4) is 0 Å². The van der Waals surface area contributed by atoms with Crippen LogP contribution in [0.5, 0.6) is 0 Å². The van der Waals surface area contributed by atoms with E-state index in [9.17, 15) is 0 Å². The van der Waals surface area contributed by atoms with Gasteiger partial charge < -0.3 is 9.47 Å². The van der Waals surface area contributed by atoms with Gasteiger partial charge in [0.1, 0.15) is 5.76 Å². The molecule has 0 fully saturated rings. The molecule has 1 radical (unpaired) electrons. The lowest BCUT2D eigenvalue weighted by Crippen LogP contribution is -1.94. The van der Waals surface area contributed by atoms with Gasteiger partial charge in [0, 0.05) is 6.42 Å². The lowest BCUT2D eigenvalue weighted by Gasteiger charge is -2.06. The van der Waals surface area contributed by atoms with Crippen molar-refractivity contribution >= 4 is 0 Å². The van der Waals surface area contributed by atoms with Crippen molar-refractivity contribution < 1.29 is 9.47 Å². The summed E-state index contributed by atoms with van der Waals surface area (Å²) in [4.78, 5) is 0. The van der Waals surface area contributed by atoms with Gasteiger partial charge in [-0.3, -0.25) is 0 Å². The normalized spacial score (nSPS) is 11.4. The van der Waals surface area contributed by atoms with Crippen LogP contribution in [-0.4, -0.2) is 13.2 Å². The van der Waals surface area contributed by atoms with Crippen LogP contribution < -0.4 is 0 Å². The van der Waals surface area contributed by atoms with Crippen LogP contribution in [0.25, 0.3) is 0 Å². The molecule has 0 aromatic rings. The number of unbranched alkanes of at least 4 members (excludes halogenated alkanes) is 1. The molecule has 0 aliphatic rings. The highest BCUT2D eigenvalue weighted by atomic mass is 16.5. The van der Waals surface area contributed by atoms with Crippen molar-refractivity contribution in [3.05, 3.63) is 12.0 Å². The smallest absolute Gasteiger partial charge is 0.202 e. The van der Waals surface area contributed by atoms with Gasteiger partial charge in [0.15, 0.2) is 0 Å². The zero-order valence-electron chi connectivity index (χ0n) is 8.35. The number of hydrogen-bond acceptors (Lipinski definition) is 2. The summed E-state index contributed by atoms with van der Waals surface area (Å²) in [5.41, 5.74) is 0. The maximum atomic E-state index is 5.33. The standard InChI is InChI=1S/C10H19O2/c1-4-7-8-10(12-6-3)9-11-5-2/h4-8H2,1-3H3. The Bertz CT molecular complexity index is 119. The van der Waals surface area contributed by atoms with E-state index in [0.717, 1.165) is 18.6 Å². The van der Waals surface area contributed by atoms with Crippen LogP contribution in [0.1, 0.15) is 40.0 Å². The predicted octanol–water partition coefficient (Wildman–Crippen LogP) is 2.89. The summed E-state index contributed by atoms with van der Waals surface area (Å²) in [6.07, 6.45) is 6.04. The van der Waals surface area contributed by atoms with E-state index in [2.05, 4.69) is 13.2 Å². The van der Waals surface area contributed by atoms with Crippen molar-refractivity contribution in [2.24, 2.45) is 0 Å². The highest BCUT2D eigenvalue weighted by molar-refractivity contribution is 4.81. The van der Waals surface area contributed by atoms with Gasteiger partial charge >= 0.3 is 0 Å². The van der Waals surface area contributed by atoms with Crippen LogP contribution in [0.4, 0.5) is 0 Å². The topological polar surface area (TPSA) is 18.5 Å². The SMILES string of the molecule is CCCC/C(=[C]/OCC)OCC. The molecule has 0 bridgehead atoms. The lowest BCUT2D eigenvalue weighted by atomic mass is 10.2. The third-order valence-electron chi connectivity index (χ3n) is 1.41. The Morgan fingerprint density at radius 1 is 1.17 bits per heavy atom. The third kappa shape index (κ3) is 6.08. The van der Waals surface area contributed by atoms with Gasteiger partial charge in [-0.25, -0.2) is 0 Å². The molecule has 0 saturated heterocycles. The van der Waals surface area contributed by atoms with Crippen molar-refractivity contribution in [2.45, 2.75) is 40.0 Å². The quantitative estimate of drug-likeness (QED) is 0.548. The van der Waals surface area contributed by atoms with Gasteiger partial charge in [-0.05, 0) is 20.3 Å². The zero-order chi connectivity index (χ0) is 9.23. The molecule has 2 heteroatoms. The van der Waals surface area contributed by atoms with E-state index >= 15 is 0 Å². The summed E-state index contributed by atoms with van der Waals surface area (Å²) in [6, 6.07) is 0. The van der Waals surface area contributed by atoms with E-state index in [1.165, 1.54) is 6.42 Å². The Hall–Kier alpha value is -0.660. The van der Waals surface area contributed by atoms with Gasteiger partial charge in [0.2, 0.25) is 6.26 Å². The third-order valence-corrected chi connectivity index (χ3v) is 1.41. The molecular formula is C10H19O2. The first-order valence-electron chi connectivity index (χ1n) is 4.71. The summed E-state index contributed by atoms with van der Waals surface area (Å²) >= 11 is 0. The fourth-order valence-electron chi connectivity index (χ4n) is 0.817. The van der Waals surface area contributed by atoms with E-state index in [4.69, 9.17) is 9.47 Å². The van der Waals surface area contributed by atoms with Crippen molar-refractivity contribution in [3.63, 3.8) is 0 Å². The second-order valence-corrected chi connectivity index (χ2v) is 2.49. The molecule has 71 valence electrons. The van der Waals surface area contributed by atoms with Crippen LogP contribution >= 0.6 is 0 Å². The predicted molar refractivity (Wildman–Crippen MR) is 49.5 cm³/mol. The van der Waals surface area contributed by atoms with E-state index in [0.29, 0.717) is 13.2 Å². The second-order valence-electron chi connectivity index (χ2n) is 2.49. The van der Waals surface area contributed by atoms with E-state index < -0.39 is 0 Å². The van der Waals surface area contributed by atoms with Crippen molar-refractivity contribution in [1.29, 1.82) is 0 Å². The Morgan fingerprint density at radius 2 is 1.92 bits per heavy atom. The molecule has 0 rings (SSSR count). The minimum absolute atomic E-state index is 0.655. The molecule has 0 unspecified atom stereocenters. The van der Waals surface area contributed by atoms with Gasteiger partial charge in [-0.15, -0.1) is 0 Å². The Kier molecular flexibility index (Phi) is 7.97. The average molecular weight is 171 g/mol. The lowest BCUT2D eigenvalue weighted by molar-refractivity contribution is 0.169. The summed E-state index contributed by atoms with van der Waals surface area (Å²) < 4.78 is 10.4. The highest BCUT2D eigenvalue weighted by Gasteiger charge is 1.97. The molecule has 0 aromatic carbocycles. The van der Waals surface area contributed by atoms with Gasteiger partial charge in [-0.1, -0.05) is 13.3 Å². The summed E-state index contributed by atoms with van der Waals surface area (Å²) in [6.45, 7) is 7.42. The molecule has 12 heavy (non-hydrogen) atoms. The molecule has 0 aliphatic heterocycles. The number of hydrogen-bond donors (Lipinski definition) is 0. The number of rotatable bonds is 7. The monoisotopic (exact) mass is 171 g/mol. The molecule has 0 aromatic heterocycles. The highest BCUT2D eigenvalue weighted by Crippen LogP contribution is 2.08. The minimum Gasteiger partial charge on any atom is -0.494 e. The second kappa shape index (κ2) is 8.44. The molecule has 0 atom stereocenters. The minimum atomic E-state index is 0.655. The van der Waals surface area contributed by atoms with E-state index in [1.54, 1.807) is 0 Å². The van der Waals surface area contributed by atoms with E-state index in [1.807, 2.05) is 13.8 Å². The molecule has 0 N–H and O–H groups in total. The van der Waals surface area contributed by atoms with Crippen LogP contribution in [0, 0.1) is 6.26 Å². The molecule has 0 amide bonds. The van der Waals surface area contributed by atoms with E-state index in [-0.39, 0.29) is 0 Å². The maximum absolute atomic E-state index is 5.33. The first-order valence-corrected chi connectivity index (χ1v) is 4.71. The number of ether oxygens (including phenoxy) is 2. The fourth-order valence-corrected chi connectivity index (χ4v) is 0.817. The summed E-state index contributed by atoms with van der Waals surface area (Å²) in [5, 5.41) is 0. The Morgan fingerprint density at radius 3 is 2.42 bits per heavy atom. The molecule has 0 heterocycles. The van der Waals surface area contributed by atoms with Crippen molar-refractivity contribution in [3.8, 4) is 0 Å². The molecule has 0 spiro atoms. The average Bonchev–Trinajstić information content (AvgIpc) is 2.10. The van der Waals surface area contributed by atoms with Gasteiger partial charge in [-0.2, -0.15) is 0 Å². The molecule has 2 nitrogen and oxygen atoms in total. The summed E-state index contributed by atoms with van der Waals surface area (Å²) in [7, 11) is 0. The first-order chi connectivity index (χ1) is 5.85. The fraction of sp³-hybridized carbons (Fsp3) is 0.800. The number of allylic oxidation sites excluding steroid dienone is 1. The van der Waals surface area contributed by atoms with Crippen molar-refractivity contribution in [2.75, 3.05) is 13.2 Å². The Labute approximate surface area is 75.6 Å². The van der Waals surface area contributed by atoms with Crippen LogP contribution in [0.15, 0.2) is 5.76 Å². The summed E-state index contributed by atoms with van der Waals surface area (Å²) in [5.74, 6) is 0.848. The molecule has 0 saturated carbocycles. The molecular weight excluding hydrogens is 152 g/mol.